The van der Waals surface area contributed by atoms with E-state index in [1.807, 2.05) is 4.90 Å². The number of carbonyl (C=O) groups excluding carboxylic acids is 1. The van der Waals surface area contributed by atoms with Gasteiger partial charge >= 0.3 is 0 Å². The van der Waals surface area contributed by atoms with Gasteiger partial charge in [0.1, 0.15) is 0 Å². The monoisotopic (exact) mass is 370 g/mol. The molecule has 1 amide bonds. The molecule has 0 bridgehead atoms. The molecule has 0 aromatic heterocycles. The summed E-state index contributed by atoms with van der Waals surface area (Å²) in [4.78, 5) is 15.8. The average molecular weight is 370 g/mol. The highest BCUT2D eigenvalue weighted by Crippen LogP contribution is 2.40. The highest BCUT2D eigenvalue weighted by molar-refractivity contribution is 5.77. The van der Waals surface area contributed by atoms with E-state index in [1.165, 1.54) is 6.07 Å². The Hall–Kier alpha value is -1.60. The van der Waals surface area contributed by atoms with Gasteiger partial charge in [-0.15, -0.1) is 0 Å². The quantitative estimate of drug-likeness (QED) is 0.829. The Balaban J connectivity index is 1.60. The molecule has 0 saturated carbocycles. The number of hydrogen-bond acceptors (Lipinski definition) is 3. The fourth-order valence-electron chi connectivity index (χ4n) is 4.11. The summed E-state index contributed by atoms with van der Waals surface area (Å²) in [6, 6.07) is 2.25. The predicted octanol–water partition coefficient (Wildman–Crippen LogP) is 2.69. The molecule has 2 fully saturated rings. The van der Waals surface area contributed by atoms with Gasteiger partial charge in [-0.2, -0.15) is 0 Å². The minimum Gasteiger partial charge on any atom is -0.392 e. The summed E-state index contributed by atoms with van der Waals surface area (Å²) in [5.74, 6) is -3.62. The maximum absolute atomic E-state index is 13.9. The lowest BCUT2D eigenvalue weighted by Crippen LogP contribution is -2.52. The molecule has 1 aromatic carbocycles. The number of aliphatic hydroxyl groups excluding tert-OH is 1. The number of amides is 1. The Labute approximate surface area is 151 Å². The zero-order chi connectivity index (χ0) is 18.9. The molecule has 1 spiro atoms. The van der Waals surface area contributed by atoms with Crippen LogP contribution in [-0.4, -0.2) is 53.1 Å². The van der Waals surface area contributed by atoms with Gasteiger partial charge in [-0.3, -0.25) is 9.69 Å². The van der Waals surface area contributed by atoms with E-state index >= 15 is 0 Å². The lowest BCUT2D eigenvalue weighted by molar-refractivity contribution is -0.140. The van der Waals surface area contributed by atoms with Gasteiger partial charge in [-0.1, -0.05) is 6.07 Å². The Kier molecular flexibility index (Phi) is 5.58. The molecule has 0 unspecified atom stereocenters. The SMILES string of the molecule is C[C@H](O)CN1CC2(CCC1=O)CCN(Cc1ccc(F)c(F)c1F)CC2. The van der Waals surface area contributed by atoms with Crippen LogP contribution in [0, 0.1) is 22.9 Å². The van der Waals surface area contributed by atoms with Crippen molar-refractivity contribution in [1.82, 2.24) is 9.80 Å². The molecule has 26 heavy (non-hydrogen) atoms. The average Bonchev–Trinajstić information content (AvgIpc) is 2.60. The van der Waals surface area contributed by atoms with Crippen molar-refractivity contribution in [3.05, 3.63) is 35.1 Å². The Morgan fingerprint density at radius 2 is 1.85 bits per heavy atom. The lowest BCUT2D eigenvalue weighted by Gasteiger charge is -2.47. The van der Waals surface area contributed by atoms with E-state index < -0.39 is 23.6 Å². The van der Waals surface area contributed by atoms with Crippen LogP contribution in [0.1, 0.15) is 38.2 Å². The second-order valence-electron chi connectivity index (χ2n) is 7.73. The summed E-state index contributed by atoms with van der Waals surface area (Å²) in [5.41, 5.74) is 0.195. The number of halogens is 3. The fraction of sp³-hybridized carbons (Fsp3) is 0.632. The number of carbonyl (C=O) groups is 1. The van der Waals surface area contributed by atoms with Crippen LogP contribution < -0.4 is 0 Å². The van der Waals surface area contributed by atoms with Crippen LogP contribution in [0.3, 0.4) is 0 Å². The van der Waals surface area contributed by atoms with E-state index in [2.05, 4.69) is 0 Å². The van der Waals surface area contributed by atoms with Crippen LogP contribution in [0.25, 0.3) is 0 Å². The molecule has 1 atom stereocenters. The third-order valence-corrected chi connectivity index (χ3v) is 5.66. The van der Waals surface area contributed by atoms with Crippen LogP contribution in [0.2, 0.25) is 0 Å². The standard InChI is InChI=1S/C19H25F3N2O2/c1-13(25)10-24-12-19(5-4-16(24)26)6-8-23(9-7-19)11-14-2-3-15(20)18(22)17(14)21/h2-3,13,25H,4-12H2,1H3/t13-/m0/s1. The summed E-state index contributed by atoms with van der Waals surface area (Å²) >= 11 is 0. The zero-order valence-corrected chi connectivity index (χ0v) is 15.0. The molecule has 2 heterocycles. The first-order chi connectivity index (χ1) is 12.3. The van der Waals surface area contributed by atoms with E-state index in [-0.39, 0.29) is 23.4 Å². The van der Waals surface area contributed by atoms with Gasteiger partial charge in [0.2, 0.25) is 5.91 Å². The molecule has 1 aromatic rings. The van der Waals surface area contributed by atoms with Crippen molar-refractivity contribution >= 4 is 5.91 Å². The molecule has 2 saturated heterocycles. The number of aliphatic hydroxyl groups is 1. The van der Waals surface area contributed by atoms with Crippen molar-refractivity contribution in [3.8, 4) is 0 Å². The van der Waals surface area contributed by atoms with Crippen LogP contribution in [0.15, 0.2) is 12.1 Å². The van der Waals surface area contributed by atoms with Gasteiger partial charge in [-0.05, 0) is 50.8 Å². The van der Waals surface area contributed by atoms with Crippen molar-refractivity contribution < 1.29 is 23.1 Å². The van der Waals surface area contributed by atoms with Crippen molar-refractivity contribution in [3.63, 3.8) is 0 Å². The van der Waals surface area contributed by atoms with Crippen molar-refractivity contribution in [2.45, 2.75) is 45.3 Å². The minimum atomic E-state index is -1.42. The molecular weight excluding hydrogens is 345 g/mol. The van der Waals surface area contributed by atoms with Gasteiger partial charge in [0, 0.05) is 31.6 Å². The normalized spacial score (nSPS) is 22.0. The number of benzene rings is 1. The molecule has 0 aliphatic carbocycles. The number of hydrogen-bond donors (Lipinski definition) is 1. The van der Waals surface area contributed by atoms with Crippen LogP contribution in [0.4, 0.5) is 13.2 Å². The number of likely N-dealkylation sites (tertiary alicyclic amines) is 2. The maximum atomic E-state index is 13.9. The minimum absolute atomic E-state index is 0.0336. The molecule has 2 aliphatic rings. The summed E-state index contributed by atoms with van der Waals surface area (Å²) in [6.07, 6.45) is 2.50. The second-order valence-corrected chi connectivity index (χ2v) is 7.73. The molecule has 1 N–H and O–H groups in total. The smallest absolute Gasteiger partial charge is 0.222 e. The van der Waals surface area contributed by atoms with Crippen molar-refractivity contribution in [2.75, 3.05) is 26.2 Å². The Morgan fingerprint density at radius 3 is 2.50 bits per heavy atom. The molecule has 7 heteroatoms. The van der Waals surface area contributed by atoms with E-state index in [0.717, 1.165) is 38.4 Å². The largest absolute Gasteiger partial charge is 0.392 e. The van der Waals surface area contributed by atoms with Gasteiger partial charge < -0.3 is 10.0 Å². The van der Waals surface area contributed by atoms with E-state index in [1.54, 1.807) is 11.8 Å². The summed E-state index contributed by atoms with van der Waals surface area (Å²) in [6.45, 7) is 4.35. The van der Waals surface area contributed by atoms with Crippen LogP contribution >= 0.6 is 0 Å². The summed E-state index contributed by atoms with van der Waals surface area (Å²) in [5, 5.41) is 9.59. The first-order valence-electron chi connectivity index (χ1n) is 9.10. The van der Waals surface area contributed by atoms with E-state index in [4.69, 9.17) is 0 Å². The van der Waals surface area contributed by atoms with Crippen LogP contribution in [-0.2, 0) is 11.3 Å². The fourth-order valence-corrected chi connectivity index (χ4v) is 4.11. The molecular formula is C19H25F3N2O2. The Morgan fingerprint density at radius 1 is 1.15 bits per heavy atom. The third kappa shape index (κ3) is 4.04. The molecule has 144 valence electrons. The van der Waals surface area contributed by atoms with Gasteiger partial charge in [0.15, 0.2) is 17.5 Å². The highest BCUT2D eigenvalue weighted by Gasteiger charge is 2.41. The van der Waals surface area contributed by atoms with E-state index in [9.17, 15) is 23.1 Å². The van der Waals surface area contributed by atoms with E-state index in [0.29, 0.717) is 19.5 Å². The number of β-amino-alcohol motifs (C(OH)–C–C–N with tert-alkyl or cyclic N) is 1. The van der Waals surface area contributed by atoms with Crippen molar-refractivity contribution in [2.24, 2.45) is 5.41 Å². The summed E-state index contributed by atoms with van der Waals surface area (Å²) in [7, 11) is 0. The van der Waals surface area contributed by atoms with Gasteiger partial charge in [0.25, 0.3) is 0 Å². The summed E-state index contributed by atoms with van der Waals surface area (Å²) < 4.78 is 40.3. The van der Waals surface area contributed by atoms with Crippen LogP contribution in [0.5, 0.6) is 0 Å². The van der Waals surface area contributed by atoms with Crippen molar-refractivity contribution in [1.29, 1.82) is 0 Å². The van der Waals surface area contributed by atoms with Gasteiger partial charge in [-0.25, -0.2) is 13.2 Å². The third-order valence-electron chi connectivity index (χ3n) is 5.66. The van der Waals surface area contributed by atoms with Gasteiger partial charge in [0.05, 0.1) is 6.10 Å². The maximum Gasteiger partial charge on any atom is 0.222 e. The second kappa shape index (κ2) is 7.56. The molecule has 2 aliphatic heterocycles. The lowest BCUT2D eigenvalue weighted by atomic mass is 9.72. The predicted molar refractivity (Wildman–Crippen MR) is 90.8 cm³/mol. The zero-order valence-electron chi connectivity index (χ0n) is 15.0. The Bertz CT molecular complexity index is 673. The molecule has 3 rings (SSSR count). The molecule has 4 nitrogen and oxygen atoms in total. The number of nitrogens with zero attached hydrogens (tertiary/aromatic N) is 2. The topological polar surface area (TPSA) is 43.8 Å². The first-order valence-corrected chi connectivity index (χ1v) is 9.10. The number of piperidine rings is 2. The molecule has 0 radical (unpaired) electrons. The highest BCUT2D eigenvalue weighted by atomic mass is 19.2. The number of rotatable bonds is 4. The first kappa shape index (κ1) is 19.2.